The first-order valence-electron chi connectivity index (χ1n) is 7.26. The van der Waals surface area contributed by atoms with Crippen molar-refractivity contribution < 1.29 is 4.74 Å². The predicted molar refractivity (Wildman–Crippen MR) is 70.7 cm³/mol. The van der Waals surface area contributed by atoms with Crippen LogP contribution >= 0.6 is 0 Å². The van der Waals surface area contributed by atoms with E-state index in [0.717, 1.165) is 31.0 Å². The Morgan fingerprint density at radius 3 is 2.63 bits per heavy atom. The lowest BCUT2D eigenvalue weighted by molar-refractivity contribution is 0.162. The Kier molecular flexibility index (Phi) is 1.95. The zero-order valence-corrected chi connectivity index (χ0v) is 10.7. The minimum absolute atomic E-state index is 0.410. The van der Waals surface area contributed by atoms with E-state index in [0.29, 0.717) is 18.0 Å². The molecule has 4 aliphatic rings. The highest BCUT2D eigenvalue weighted by Crippen LogP contribution is 2.59. The molecule has 2 bridgehead atoms. The maximum absolute atomic E-state index is 5.71. The van der Waals surface area contributed by atoms with Gasteiger partial charge in [-0.3, -0.25) is 0 Å². The number of rotatable bonds is 1. The molecule has 98 valence electrons. The Balaban J connectivity index is 1.52. The van der Waals surface area contributed by atoms with Crippen LogP contribution in [0.1, 0.15) is 6.42 Å². The van der Waals surface area contributed by atoms with Crippen molar-refractivity contribution in [3.63, 3.8) is 0 Å². The second kappa shape index (κ2) is 3.57. The fraction of sp³-hybridized carbons (Fsp3) is 0.600. The van der Waals surface area contributed by atoms with E-state index in [1.165, 1.54) is 12.1 Å². The summed E-state index contributed by atoms with van der Waals surface area (Å²) in [5.74, 6) is 2.93. The molecule has 1 aromatic carbocycles. The number of hydrogen-bond acceptors (Lipinski definition) is 4. The third kappa shape index (κ3) is 1.23. The van der Waals surface area contributed by atoms with Gasteiger partial charge in [-0.2, -0.15) is 5.11 Å². The van der Waals surface area contributed by atoms with Gasteiger partial charge in [-0.25, -0.2) is 5.01 Å². The molecule has 0 radical (unpaired) electrons. The Morgan fingerprint density at radius 1 is 1.00 bits per heavy atom. The van der Waals surface area contributed by atoms with Gasteiger partial charge in [0, 0.05) is 0 Å². The number of benzene rings is 1. The average Bonchev–Trinajstić information content (AvgIpc) is 3.17. The van der Waals surface area contributed by atoms with Crippen LogP contribution in [0.4, 0.5) is 5.69 Å². The van der Waals surface area contributed by atoms with E-state index in [2.05, 4.69) is 45.7 Å². The zero-order chi connectivity index (χ0) is 12.4. The molecular formula is C15H17N3O. The lowest BCUT2D eigenvalue weighted by Gasteiger charge is -2.34. The first-order valence-corrected chi connectivity index (χ1v) is 7.26. The topological polar surface area (TPSA) is 37.2 Å². The van der Waals surface area contributed by atoms with Crippen LogP contribution < -0.4 is 5.01 Å². The molecule has 19 heavy (non-hydrogen) atoms. The van der Waals surface area contributed by atoms with Crippen molar-refractivity contribution in [1.82, 2.24) is 0 Å². The van der Waals surface area contributed by atoms with Crippen molar-refractivity contribution in [3.8, 4) is 0 Å². The minimum atomic E-state index is 0.410. The molecule has 2 saturated carbocycles. The maximum atomic E-state index is 5.71. The van der Waals surface area contributed by atoms with Gasteiger partial charge in [0.2, 0.25) is 0 Å². The summed E-state index contributed by atoms with van der Waals surface area (Å²) in [5.41, 5.74) is 1.18. The summed E-state index contributed by atoms with van der Waals surface area (Å²) in [6.07, 6.45) is 1.33. The summed E-state index contributed by atoms with van der Waals surface area (Å²) >= 11 is 0. The van der Waals surface area contributed by atoms with E-state index >= 15 is 0 Å². The summed E-state index contributed by atoms with van der Waals surface area (Å²) < 4.78 is 5.71. The van der Waals surface area contributed by atoms with Gasteiger partial charge >= 0.3 is 0 Å². The second-order valence-electron chi connectivity index (χ2n) is 6.29. The molecule has 3 fully saturated rings. The molecule has 4 heteroatoms. The van der Waals surface area contributed by atoms with Crippen LogP contribution in [0.2, 0.25) is 0 Å². The van der Waals surface area contributed by atoms with Crippen molar-refractivity contribution >= 4 is 5.69 Å². The monoisotopic (exact) mass is 255 g/mol. The summed E-state index contributed by atoms with van der Waals surface area (Å²) in [4.78, 5) is 0. The van der Waals surface area contributed by atoms with Gasteiger partial charge in [-0.15, -0.1) is 0 Å². The molecule has 5 rings (SSSR count). The van der Waals surface area contributed by atoms with Gasteiger partial charge in [0.1, 0.15) is 0 Å². The lowest BCUT2D eigenvalue weighted by atomic mass is 9.76. The second-order valence-corrected chi connectivity index (χ2v) is 6.29. The molecule has 0 unspecified atom stereocenters. The van der Waals surface area contributed by atoms with E-state index in [9.17, 15) is 0 Å². The summed E-state index contributed by atoms with van der Waals surface area (Å²) in [6.45, 7) is 1.91. The Hall–Kier alpha value is -1.42. The highest BCUT2D eigenvalue weighted by atomic mass is 16.5. The Labute approximate surface area is 112 Å². The van der Waals surface area contributed by atoms with E-state index in [4.69, 9.17) is 4.74 Å². The largest absolute Gasteiger partial charge is 0.381 e. The molecule has 1 saturated heterocycles. The summed E-state index contributed by atoms with van der Waals surface area (Å²) in [6, 6.07) is 11.4. The van der Waals surface area contributed by atoms with Crippen LogP contribution in [0.25, 0.3) is 0 Å². The van der Waals surface area contributed by atoms with E-state index in [1.54, 1.807) is 0 Å². The number of fused-ring (bicyclic) bond motifs is 8. The molecule has 6 atom stereocenters. The highest BCUT2D eigenvalue weighted by molar-refractivity contribution is 5.48. The van der Waals surface area contributed by atoms with Crippen molar-refractivity contribution in [1.29, 1.82) is 0 Å². The average molecular weight is 255 g/mol. The molecule has 2 aliphatic carbocycles. The van der Waals surface area contributed by atoms with Crippen molar-refractivity contribution in [2.45, 2.75) is 18.5 Å². The van der Waals surface area contributed by atoms with Crippen molar-refractivity contribution in [2.24, 2.45) is 34.0 Å². The fourth-order valence-corrected chi connectivity index (χ4v) is 4.88. The van der Waals surface area contributed by atoms with Crippen LogP contribution in [-0.4, -0.2) is 25.3 Å². The lowest BCUT2D eigenvalue weighted by Crippen LogP contribution is -2.45. The van der Waals surface area contributed by atoms with Crippen LogP contribution in [0.5, 0.6) is 0 Å². The van der Waals surface area contributed by atoms with E-state index in [1.807, 2.05) is 0 Å². The van der Waals surface area contributed by atoms with Gasteiger partial charge in [0.25, 0.3) is 0 Å². The van der Waals surface area contributed by atoms with E-state index in [-0.39, 0.29) is 0 Å². The third-order valence-electron chi connectivity index (χ3n) is 5.63. The van der Waals surface area contributed by atoms with Gasteiger partial charge in [0.15, 0.2) is 0 Å². The standard InChI is InChI=1S/C15H17N3O/c1-2-4-9(5-3-1)18-15-11-6-10(14(15)16-17-18)12-7-19-8-13(11)12/h1-5,10-15H,6-8H2/t10-,11+,12-,13-,14+,15-/m1/s1. The molecule has 4 nitrogen and oxygen atoms in total. The molecular weight excluding hydrogens is 238 g/mol. The zero-order valence-electron chi connectivity index (χ0n) is 10.7. The molecule has 2 aliphatic heterocycles. The smallest absolute Gasteiger partial charge is 0.0988 e. The van der Waals surface area contributed by atoms with Crippen LogP contribution in [0.15, 0.2) is 40.7 Å². The van der Waals surface area contributed by atoms with Gasteiger partial charge in [-0.05, 0) is 42.2 Å². The normalized spacial score (nSPS) is 45.8. The number of para-hydroxylation sites is 1. The van der Waals surface area contributed by atoms with Gasteiger partial charge in [0.05, 0.1) is 31.0 Å². The number of anilines is 1. The predicted octanol–water partition coefficient (Wildman–Crippen LogP) is 2.52. The quantitative estimate of drug-likeness (QED) is 0.773. The SMILES string of the molecule is c1ccc(N2N=N[C@H]3[C@@H]4C[C@@H]([C@H]5COC[C@@H]54)[C@H]32)cc1. The molecule has 2 heterocycles. The number of ether oxygens (including phenoxy) is 1. The number of nitrogens with zero attached hydrogens (tertiary/aromatic N) is 3. The Morgan fingerprint density at radius 2 is 1.79 bits per heavy atom. The highest BCUT2D eigenvalue weighted by Gasteiger charge is 2.63. The molecule has 0 spiro atoms. The van der Waals surface area contributed by atoms with Gasteiger partial charge < -0.3 is 4.74 Å². The molecule has 0 aromatic heterocycles. The molecule has 0 amide bonds. The van der Waals surface area contributed by atoms with E-state index < -0.39 is 0 Å². The molecule has 0 N–H and O–H groups in total. The van der Waals surface area contributed by atoms with Crippen LogP contribution in [0, 0.1) is 23.7 Å². The third-order valence-corrected chi connectivity index (χ3v) is 5.63. The summed E-state index contributed by atoms with van der Waals surface area (Å²) in [5, 5.41) is 11.2. The first kappa shape index (κ1) is 10.4. The summed E-state index contributed by atoms with van der Waals surface area (Å²) in [7, 11) is 0. The maximum Gasteiger partial charge on any atom is 0.0988 e. The van der Waals surface area contributed by atoms with Crippen LogP contribution in [-0.2, 0) is 4.74 Å². The van der Waals surface area contributed by atoms with Crippen molar-refractivity contribution in [2.75, 3.05) is 18.2 Å². The van der Waals surface area contributed by atoms with Gasteiger partial charge in [-0.1, -0.05) is 23.4 Å². The minimum Gasteiger partial charge on any atom is -0.381 e. The Bertz CT molecular complexity index is 531. The van der Waals surface area contributed by atoms with Crippen LogP contribution in [0.3, 0.4) is 0 Å². The fourth-order valence-electron chi connectivity index (χ4n) is 4.88. The molecule has 1 aromatic rings. The first-order chi connectivity index (χ1) is 9.43. The number of hydrogen-bond donors (Lipinski definition) is 0. The van der Waals surface area contributed by atoms with Crippen molar-refractivity contribution in [3.05, 3.63) is 30.3 Å².